The summed E-state index contributed by atoms with van der Waals surface area (Å²) in [6.07, 6.45) is 0. The van der Waals surface area contributed by atoms with Crippen molar-refractivity contribution in [2.75, 3.05) is 14.2 Å². The summed E-state index contributed by atoms with van der Waals surface area (Å²) in [4.78, 5) is 15.5. The smallest absolute Gasteiger partial charge is 0.246 e. The van der Waals surface area contributed by atoms with Gasteiger partial charge in [-0.2, -0.15) is 4.80 Å². The summed E-state index contributed by atoms with van der Waals surface area (Å²) in [7, 11) is 3.41. The summed E-state index contributed by atoms with van der Waals surface area (Å²) >= 11 is 0. The van der Waals surface area contributed by atoms with Crippen LogP contribution in [0.25, 0.3) is 10.8 Å². The minimum absolute atomic E-state index is 0.0135. The number of para-hydroxylation sites is 1. The van der Waals surface area contributed by atoms with Crippen molar-refractivity contribution < 1.29 is 14.3 Å². The van der Waals surface area contributed by atoms with Gasteiger partial charge >= 0.3 is 0 Å². The molecule has 4 rings (SSSR count). The SMILES string of the molecule is COc1ccc2cc(CN(C)C(=O)Cn3nnc(COc4ccccc4)n3)ccc2c1. The molecule has 0 spiro atoms. The highest BCUT2D eigenvalue weighted by Gasteiger charge is 2.13. The third-order valence-electron chi connectivity index (χ3n) is 4.84. The Bertz CT molecular complexity index is 1180. The fourth-order valence-electron chi connectivity index (χ4n) is 3.17. The predicted molar refractivity (Wildman–Crippen MR) is 116 cm³/mol. The Balaban J connectivity index is 1.33. The Kier molecular flexibility index (Phi) is 6.07. The Labute approximate surface area is 180 Å². The number of nitrogens with zero attached hydrogens (tertiary/aromatic N) is 5. The van der Waals surface area contributed by atoms with Crippen LogP contribution in [0.3, 0.4) is 0 Å². The van der Waals surface area contributed by atoms with Gasteiger partial charge in [0.1, 0.15) is 18.0 Å². The number of aromatic nitrogens is 4. The van der Waals surface area contributed by atoms with Gasteiger partial charge in [-0.05, 0) is 51.9 Å². The lowest BCUT2D eigenvalue weighted by molar-refractivity contribution is -0.131. The second-order valence-electron chi connectivity index (χ2n) is 7.14. The molecule has 0 aliphatic carbocycles. The van der Waals surface area contributed by atoms with Gasteiger partial charge in [0.25, 0.3) is 0 Å². The minimum atomic E-state index is -0.109. The van der Waals surface area contributed by atoms with Crippen LogP contribution >= 0.6 is 0 Å². The van der Waals surface area contributed by atoms with Gasteiger partial charge in [-0.25, -0.2) is 0 Å². The first-order valence-corrected chi connectivity index (χ1v) is 9.86. The molecule has 0 radical (unpaired) electrons. The number of fused-ring (bicyclic) bond motifs is 1. The van der Waals surface area contributed by atoms with Crippen LogP contribution in [0.1, 0.15) is 11.4 Å². The molecule has 0 unspecified atom stereocenters. The number of hydrogen-bond donors (Lipinski definition) is 0. The van der Waals surface area contributed by atoms with Gasteiger partial charge in [-0.1, -0.05) is 36.4 Å². The average Bonchev–Trinajstić information content (AvgIpc) is 3.25. The number of benzene rings is 3. The van der Waals surface area contributed by atoms with Crippen LogP contribution in [0, 0.1) is 0 Å². The molecule has 8 heteroatoms. The largest absolute Gasteiger partial charge is 0.497 e. The molecule has 8 nitrogen and oxygen atoms in total. The van der Waals surface area contributed by atoms with Crippen LogP contribution in [-0.4, -0.2) is 45.2 Å². The predicted octanol–water partition coefficient (Wildman–Crippen LogP) is 3.07. The van der Waals surface area contributed by atoms with Gasteiger partial charge in [0.2, 0.25) is 11.7 Å². The lowest BCUT2D eigenvalue weighted by atomic mass is 10.1. The van der Waals surface area contributed by atoms with E-state index in [0.29, 0.717) is 12.4 Å². The normalized spacial score (nSPS) is 10.8. The molecule has 3 aromatic carbocycles. The first-order chi connectivity index (χ1) is 15.1. The second-order valence-corrected chi connectivity index (χ2v) is 7.14. The van der Waals surface area contributed by atoms with Crippen LogP contribution in [0.5, 0.6) is 11.5 Å². The molecule has 0 bridgehead atoms. The van der Waals surface area contributed by atoms with Crippen molar-refractivity contribution >= 4 is 16.7 Å². The number of likely N-dealkylation sites (N-methyl/N-ethyl adjacent to an activating group) is 1. The number of carbonyl (C=O) groups is 1. The van der Waals surface area contributed by atoms with E-state index in [1.54, 1.807) is 19.1 Å². The summed E-state index contributed by atoms with van der Waals surface area (Å²) in [5.41, 5.74) is 1.04. The minimum Gasteiger partial charge on any atom is -0.497 e. The molecule has 0 saturated carbocycles. The molecule has 1 amide bonds. The molecule has 1 heterocycles. The van der Waals surface area contributed by atoms with Crippen molar-refractivity contribution in [3.8, 4) is 11.5 Å². The zero-order valence-electron chi connectivity index (χ0n) is 17.4. The molecular formula is C23H23N5O3. The Morgan fingerprint density at radius 1 is 1.00 bits per heavy atom. The maximum atomic E-state index is 12.6. The fourth-order valence-corrected chi connectivity index (χ4v) is 3.17. The highest BCUT2D eigenvalue weighted by atomic mass is 16.5. The van der Waals surface area contributed by atoms with Crippen LogP contribution < -0.4 is 9.47 Å². The van der Waals surface area contributed by atoms with Gasteiger partial charge in [-0.3, -0.25) is 4.79 Å². The van der Waals surface area contributed by atoms with E-state index in [1.165, 1.54) is 4.80 Å². The van der Waals surface area contributed by atoms with E-state index in [2.05, 4.69) is 21.5 Å². The molecule has 0 saturated heterocycles. The van der Waals surface area contributed by atoms with E-state index in [1.807, 2.05) is 60.7 Å². The number of amides is 1. The van der Waals surface area contributed by atoms with Crippen LogP contribution in [0.2, 0.25) is 0 Å². The van der Waals surface area contributed by atoms with Gasteiger partial charge < -0.3 is 14.4 Å². The van der Waals surface area contributed by atoms with E-state index >= 15 is 0 Å². The summed E-state index contributed by atoms with van der Waals surface area (Å²) in [5, 5.41) is 14.3. The lowest BCUT2D eigenvalue weighted by Gasteiger charge is -2.17. The Morgan fingerprint density at radius 2 is 1.77 bits per heavy atom. The molecule has 0 fully saturated rings. The molecule has 158 valence electrons. The standard InChI is InChI=1S/C23H23N5O3/c1-27(14-17-8-9-19-13-21(30-2)11-10-18(19)12-17)23(29)15-28-25-22(24-26-28)16-31-20-6-4-3-5-7-20/h3-13H,14-16H2,1-2H3. The van der Waals surface area contributed by atoms with E-state index in [-0.39, 0.29) is 19.1 Å². The van der Waals surface area contributed by atoms with E-state index in [4.69, 9.17) is 9.47 Å². The third kappa shape index (κ3) is 5.16. The van der Waals surface area contributed by atoms with Crippen molar-refractivity contribution in [2.24, 2.45) is 0 Å². The van der Waals surface area contributed by atoms with E-state index < -0.39 is 0 Å². The lowest BCUT2D eigenvalue weighted by Crippen LogP contribution is -2.30. The van der Waals surface area contributed by atoms with Crippen molar-refractivity contribution in [3.05, 3.63) is 78.1 Å². The number of tetrazole rings is 1. The highest BCUT2D eigenvalue weighted by molar-refractivity contribution is 5.84. The molecule has 0 atom stereocenters. The number of rotatable bonds is 8. The van der Waals surface area contributed by atoms with Crippen molar-refractivity contribution in [2.45, 2.75) is 19.7 Å². The van der Waals surface area contributed by atoms with E-state index in [0.717, 1.165) is 27.8 Å². The molecule has 0 aliphatic rings. The fraction of sp³-hybridized carbons (Fsp3) is 0.217. The third-order valence-corrected chi connectivity index (χ3v) is 4.84. The maximum Gasteiger partial charge on any atom is 0.246 e. The van der Waals surface area contributed by atoms with Crippen LogP contribution in [0.15, 0.2) is 66.7 Å². The van der Waals surface area contributed by atoms with Crippen molar-refractivity contribution in [1.29, 1.82) is 0 Å². The van der Waals surface area contributed by atoms with Crippen molar-refractivity contribution in [1.82, 2.24) is 25.1 Å². The monoisotopic (exact) mass is 417 g/mol. The topological polar surface area (TPSA) is 82.4 Å². The molecule has 4 aromatic rings. The van der Waals surface area contributed by atoms with Crippen molar-refractivity contribution in [3.63, 3.8) is 0 Å². The second kappa shape index (κ2) is 9.25. The molecule has 31 heavy (non-hydrogen) atoms. The van der Waals surface area contributed by atoms with Gasteiger partial charge in [-0.15, -0.1) is 10.2 Å². The molecule has 0 N–H and O–H groups in total. The number of carbonyl (C=O) groups excluding carboxylic acids is 1. The average molecular weight is 417 g/mol. The van der Waals surface area contributed by atoms with Gasteiger partial charge in [0.05, 0.1) is 7.11 Å². The first kappa shape index (κ1) is 20.3. The number of ether oxygens (including phenoxy) is 2. The zero-order valence-corrected chi connectivity index (χ0v) is 17.4. The molecule has 0 aliphatic heterocycles. The van der Waals surface area contributed by atoms with Gasteiger partial charge in [0.15, 0.2) is 6.61 Å². The highest BCUT2D eigenvalue weighted by Crippen LogP contribution is 2.22. The molecular weight excluding hydrogens is 394 g/mol. The number of hydrogen-bond acceptors (Lipinski definition) is 6. The quantitative estimate of drug-likeness (QED) is 0.438. The molecule has 1 aromatic heterocycles. The Hall–Kier alpha value is -3.94. The summed E-state index contributed by atoms with van der Waals surface area (Å²) in [6.45, 7) is 0.689. The number of methoxy groups -OCH3 is 1. The van der Waals surface area contributed by atoms with Gasteiger partial charge in [0, 0.05) is 13.6 Å². The van der Waals surface area contributed by atoms with Crippen LogP contribution in [-0.2, 0) is 24.5 Å². The Morgan fingerprint density at radius 3 is 2.58 bits per heavy atom. The zero-order chi connectivity index (χ0) is 21.6. The van der Waals surface area contributed by atoms with Crippen LogP contribution in [0.4, 0.5) is 0 Å². The van der Waals surface area contributed by atoms with E-state index in [9.17, 15) is 4.79 Å². The summed E-state index contributed by atoms with van der Waals surface area (Å²) in [6, 6.07) is 21.4. The summed E-state index contributed by atoms with van der Waals surface area (Å²) in [5.74, 6) is 1.86. The maximum absolute atomic E-state index is 12.6. The summed E-state index contributed by atoms with van der Waals surface area (Å²) < 4.78 is 10.9. The first-order valence-electron chi connectivity index (χ1n) is 9.86.